The molecule has 7 heterocycles. The summed E-state index contributed by atoms with van der Waals surface area (Å²) in [7, 11) is 3.77. The van der Waals surface area contributed by atoms with Crippen LogP contribution in [0, 0.1) is 31.1 Å². The maximum absolute atomic E-state index is 12.6. The van der Waals surface area contributed by atoms with Gasteiger partial charge in [-0.2, -0.15) is 20.4 Å². The van der Waals surface area contributed by atoms with Gasteiger partial charge in [0.15, 0.2) is 0 Å². The molecule has 0 unspecified atom stereocenters. The third-order valence-corrected chi connectivity index (χ3v) is 18.7. The molecule has 1 radical (unpaired) electrons. The molecule has 28 heteroatoms. The molecule has 3 saturated heterocycles. The number of carboxylic acid groups (broad SMARTS) is 1. The summed E-state index contributed by atoms with van der Waals surface area (Å²) < 4.78 is 32.5. The molecule has 12 aromatic rings. The number of aromatic nitrogens is 8. The topological polar surface area (TPSA) is 292 Å². The summed E-state index contributed by atoms with van der Waals surface area (Å²) in [6, 6.07) is 62.2. The Morgan fingerprint density at radius 2 is 1.00 bits per heavy atom. The number of carbonyl (C=O) groups excluding carboxylic acids is 5. The van der Waals surface area contributed by atoms with Crippen LogP contribution >= 0.6 is 28.3 Å². The van der Waals surface area contributed by atoms with Crippen molar-refractivity contribution in [3.05, 3.63) is 263 Å². The average Bonchev–Trinajstić information content (AvgIpc) is 1.71. The van der Waals surface area contributed by atoms with E-state index in [0.29, 0.717) is 70.3 Å². The van der Waals surface area contributed by atoms with Crippen molar-refractivity contribution in [2.45, 2.75) is 115 Å². The summed E-state index contributed by atoms with van der Waals surface area (Å²) >= 11 is 3.32. The molecule has 112 heavy (non-hydrogen) atoms. The van der Waals surface area contributed by atoms with E-state index in [1.807, 2.05) is 250 Å². The predicted molar refractivity (Wildman–Crippen MR) is 443 cm³/mol. The van der Waals surface area contributed by atoms with Gasteiger partial charge in [-0.05, 0) is 165 Å². The summed E-state index contributed by atoms with van der Waals surface area (Å²) in [4.78, 5) is 75.8. The number of aromatic amines is 1. The van der Waals surface area contributed by atoms with Gasteiger partial charge in [-0.25, -0.2) is 19.2 Å². The fraction of sp³-hybridized carbons (Fsp3) is 0.310. The normalized spacial score (nSPS) is 14.9. The Balaban J connectivity index is 0.000000196. The van der Waals surface area contributed by atoms with E-state index < -0.39 is 17.2 Å². The quantitative estimate of drug-likeness (QED) is 0.0310. The minimum absolute atomic E-state index is 0. The zero-order valence-electron chi connectivity index (χ0n) is 66.2. The van der Waals surface area contributed by atoms with Crippen molar-refractivity contribution in [2.24, 2.45) is 5.73 Å². The van der Waals surface area contributed by atoms with Crippen LogP contribution in [0.1, 0.15) is 124 Å². The molecule has 3 aliphatic rings. The molecule has 0 aliphatic carbocycles. The number of nitrogens with zero attached hydrogens (tertiary/aromatic N) is 10. The Labute approximate surface area is 695 Å². The number of ether oxygens (including phenoxy) is 3. The third kappa shape index (κ3) is 26.0. The Morgan fingerprint density at radius 1 is 0.580 bits per heavy atom. The number of H-pyrrole nitrogens is 1. The summed E-state index contributed by atoms with van der Waals surface area (Å²) in [5.74, 6) is -1.25. The van der Waals surface area contributed by atoms with Crippen molar-refractivity contribution in [1.29, 1.82) is 2.67 Å². The van der Waals surface area contributed by atoms with Gasteiger partial charge >= 0.3 is 24.1 Å². The van der Waals surface area contributed by atoms with Gasteiger partial charge in [-0.3, -0.25) is 28.7 Å². The number of alkyl halides is 1. The maximum atomic E-state index is 12.6. The Hall–Kier alpha value is -10.1. The second kappa shape index (κ2) is 42.5. The Kier molecular flexibility index (Phi) is 32.6. The molecular formula is C84H98BBrClN14O10U. The number of likely N-dealkylation sites (tertiary alicyclic amines) is 2. The zero-order chi connectivity index (χ0) is 80.3. The van der Waals surface area contributed by atoms with Crippen LogP contribution in [0.3, 0.4) is 0 Å². The van der Waals surface area contributed by atoms with E-state index in [-0.39, 0.29) is 85.6 Å². The molecule has 4 amide bonds. The number of fused-ring (bicyclic) bond motifs is 4. The zero-order valence-corrected chi connectivity index (χ0v) is 70.8. The number of benzene rings is 8. The SMILES string of the molecule is CC(C)(C)OC(=O)N1CC[C@@H](N)C1.CC(C)(C)OC(=O)N1CC[C@@H](NC(=O)c2ccc(Cn3ncc4ccccc43)cc2)C1.CN(C(=O)c1ccc(Cn2ncc3ccccc32)cc1)[C@@H]1CCNC1.COC(=O)c1ccc(CBr)cc1.Cl.O=C(O)c1ccc(Cn2ncc3ccccc32)cc1.[3H][B][3H].[U].c1ccc2[nH]ncc2c1. The monoisotopic (exact) mass is 1830 g/mol. The maximum Gasteiger partial charge on any atom is 0.410 e. The fourth-order valence-electron chi connectivity index (χ4n) is 12.2. The van der Waals surface area contributed by atoms with Gasteiger partial charge in [0.05, 0.1) is 93.1 Å². The average molecular weight is 1830 g/mol. The molecule has 3 atom stereocenters. The van der Waals surface area contributed by atoms with Gasteiger partial charge in [0.25, 0.3) is 11.8 Å². The molecule has 3 aliphatic heterocycles. The molecule has 0 bridgehead atoms. The molecule has 0 saturated carbocycles. The van der Waals surface area contributed by atoms with Crippen LogP contribution in [-0.2, 0) is 39.2 Å². The number of para-hydroxylation sites is 4. The number of aromatic carboxylic acids is 1. The van der Waals surface area contributed by atoms with Crippen molar-refractivity contribution < 1.29 is 79.2 Å². The number of carboxylic acids is 1. The first kappa shape index (κ1) is 85.9. The van der Waals surface area contributed by atoms with E-state index in [1.165, 1.54) is 7.11 Å². The first-order chi connectivity index (χ1) is 53.8. The molecule has 0 spiro atoms. The van der Waals surface area contributed by atoms with Gasteiger partial charge in [0, 0.05) is 127 Å². The van der Waals surface area contributed by atoms with Gasteiger partial charge in [-0.15, -0.1) is 12.4 Å². The number of amides is 4. The molecule has 8 aromatic carbocycles. The van der Waals surface area contributed by atoms with Crippen molar-refractivity contribution in [3.8, 4) is 0 Å². The number of rotatable bonds is 13. The number of carbonyl (C=O) groups is 6. The van der Waals surface area contributed by atoms with Crippen molar-refractivity contribution >= 4 is 116 Å². The van der Waals surface area contributed by atoms with Gasteiger partial charge < -0.3 is 50.4 Å². The minimum atomic E-state index is -0.906. The number of esters is 1. The van der Waals surface area contributed by atoms with Crippen molar-refractivity contribution in [1.82, 2.24) is 64.9 Å². The molecular weight excluding hydrogens is 1730 g/mol. The van der Waals surface area contributed by atoms with Crippen LogP contribution in [0.2, 0.25) is 0 Å². The van der Waals surface area contributed by atoms with Crippen LogP contribution < -0.4 is 16.4 Å². The third-order valence-electron chi connectivity index (χ3n) is 18.1. The molecule has 3 fully saturated rings. The second-order valence-electron chi connectivity index (χ2n) is 28.7. The van der Waals surface area contributed by atoms with Gasteiger partial charge in [0.2, 0.25) is 0 Å². The van der Waals surface area contributed by atoms with E-state index in [1.54, 1.807) is 34.1 Å². The molecule has 15 rings (SSSR count). The number of hydrogen-bond donors (Lipinski definition) is 5. The second-order valence-corrected chi connectivity index (χ2v) is 29.2. The van der Waals surface area contributed by atoms with Crippen LogP contribution in [0.15, 0.2) is 219 Å². The van der Waals surface area contributed by atoms with Crippen LogP contribution in [-0.4, -0.2) is 189 Å². The predicted octanol–water partition coefficient (Wildman–Crippen LogP) is 13.5. The number of halogens is 2. The van der Waals surface area contributed by atoms with E-state index in [2.05, 4.69) is 68.9 Å². The minimum Gasteiger partial charge on any atom is -0.478 e. The molecule has 24 nitrogen and oxygen atoms in total. The number of nitrogens with one attached hydrogen (secondary N) is 3. The summed E-state index contributed by atoms with van der Waals surface area (Å²) in [5.41, 5.74) is 15.7. The van der Waals surface area contributed by atoms with Gasteiger partial charge in [-0.1, -0.05) is 137 Å². The first-order valence-electron chi connectivity index (χ1n) is 37.4. The van der Waals surface area contributed by atoms with Crippen LogP contribution in [0.5, 0.6) is 0 Å². The first-order valence-corrected chi connectivity index (χ1v) is 37.3. The Bertz CT molecular complexity index is 5010. The van der Waals surface area contributed by atoms with Gasteiger partial charge in [0.1, 0.15) is 11.2 Å². The number of likely N-dealkylation sites (N-methyl/N-ethyl adjacent to an activating group) is 1. The van der Waals surface area contributed by atoms with Crippen LogP contribution in [0.25, 0.3) is 43.6 Å². The van der Waals surface area contributed by atoms with E-state index in [9.17, 15) is 28.8 Å². The van der Waals surface area contributed by atoms with Crippen molar-refractivity contribution in [2.75, 3.05) is 53.4 Å². The standard InChI is InChI=1S/C24H28N4O3.C20H22N4O.C15H12N2O2.C9H9BrO2.C9H18N2O2.C7H6N2.BH2.ClH.U/c1-24(2,3)31-23(30)27-13-12-20(16-27)26-22(29)18-10-8-17(9-11-18)15-28-21-7-5-4-6-19(21)14-25-28;1-23(18-10-11-21-13-18)20(25)16-8-6-15(7-9-16)14-24-19-5-3-2-4-17(19)12-22-24;18-15(19)12-7-5-11(6-8-12)10-17-14-4-2-1-3-13(14)9-16-17;1-12-9(11)8-4-2-7(6-10)3-5-8;1-9(2,3)13-8(12)11-5-4-7(10)6-11;1-2-4-7-6(3-1)5-8-9-7;;;/h4-11,14,20H,12-13,15-16H2,1-3H3,(H,26,29);2-9,12,18,21H,10-11,13-14H2,1H3;1-9H,10H2,(H,18,19);2-5H,6H2,1H3;7H,4-6,10H2,1-3H3;1-5H,(H,8,9);1H2;1H;/t20-;18-;;;7-;;;;/m11..1..../s1/i;;;;;;1T2;;. The van der Waals surface area contributed by atoms with E-state index >= 15 is 0 Å². The number of methoxy groups -OCH3 is 1. The summed E-state index contributed by atoms with van der Waals surface area (Å²) in [5, 5.41) is 40.5. The molecule has 6 N–H and O–H groups in total. The molecule has 4 aromatic heterocycles. The Morgan fingerprint density at radius 3 is 1.42 bits per heavy atom. The fourth-order valence-corrected chi connectivity index (χ4v) is 12.6. The number of hydrogen-bond acceptors (Lipinski definition) is 15. The van der Waals surface area contributed by atoms with E-state index in [4.69, 9.17) is 23.0 Å². The summed E-state index contributed by atoms with van der Waals surface area (Å²) in [6.07, 6.45) is 9.43. The van der Waals surface area contributed by atoms with Crippen molar-refractivity contribution in [3.63, 3.8) is 0 Å². The molecule has 585 valence electrons. The number of nitrogens with two attached hydrogens (primary N) is 1. The van der Waals surface area contributed by atoms with Crippen LogP contribution in [0.4, 0.5) is 9.59 Å². The van der Waals surface area contributed by atoms with E-state index in [0.717, 1.165) is 116 Å². The smallest absolute Gasteiger partial charge is 0.410 e. The summed E-state index contributed by atoms with van der Waals surface area (Å²) in [6.45, 7) is 17.3. The largest absolute Gasteiger partial charge is 0.478 e.